The van der Waals surface area contributed by atoms with Gasteiger partial charge in [-0.25, -0.2) is 0 Å². The number of nitrogens with two attached hydrogens (primary N) is 1. The first kappa shape index (κ1) is 15.7. The smallest absolute Gasteiger partial charge is 0.0710 e. The van der Waals surface area contributed by atoms with Crippen molar-refractivity contribution < 1.29 is 0 Å². The van der Waals surface area contributed by atoms with Crippen molar-refractivity contribution in [1.29, 1.82) is 0 Å². The van der Waals surface area contributed by atoms with E-state index >= 15 is 0 Å². The molecule has 21 heavy (non-hydrogen) atoms. The molecule has 0 bridgehead atoms. The Kier molecular flexibility index (Phi) is 5.13. The maximum absolute atomic E-state index is 5.91. The second kappa shape index (κ2) is 6.86. The largest absolute Gasteiger partial charge is 0.328 e. The Balaban J connectivity index is 2.50. The molecule has 0 aliphatic rings. The van der Waals surface area contributed by atoms with Gasteiger partial charge in [0.05, 0.1) is 5.69 Å². The van der Waals surface area contributed by atoms with E-state index in [1.165, 1.54) is 22.3 Å². The number of hydrogen-bond acceptors (Lipinski definition) is 2. The molecule has 1 atom stereocenters. The van der Waals surface area contributed by atoms with Crippen LogP contribution in [0.15, 0.2) is 30.3 Å². The van der Waals surface area contributed by atoms with E-state index in [1.807, 2.05) is 6.92 Å². The summed E-state index contributed by atoms with van der Waals surface area (Å²) in [6.45, 7) is 8.53. The van der Waals surface area contributed by atoms with Crippen LogP contribution in [0.5, 0.6) is 0 Å². The van der Waals surface area contributed by atoms with E-state index < -0.39 is 0 Å². The van der Waals surface area contributed by atoms with Gasteiger partial charge in [-0.2, -0.15) is 0 Å². The summed E-state index contributed by atoms with van der Waals surface area (Å²) in [6, 6.07) is 11.1. The van der Waals surface area contributed by atoms with E-state index in [1.54, 1.807) is 0 Å². The third-order valence-corrected chi connectivity index (χ3v) is 3.99. The molecule has 2 nitrogen and oxygen atoms in total. The first-order valence-electron chi connectivity index (χ1n) is 7.90. The van der Waals surface area contributed by atoms with Crippen molar-refractivity contribution in [3.05, 3.63) is 52.7 Å². The van der Waals surface area contributed by atoms with E-state index in [0.29, 0.717) is 0 Å². The molecule has 0 spiro atoms. The van der Waals surface area contributed by atoms with E-state index in [0.717, 1.165) is 30.7 Å². The molecule has 2 heteroatoms. The Morgan fingerprint density at radius 3 is 2.10 bits per heavy atom. The normalized spacial score (nSPS) is 12.4. The summed E-state index contributed by atoms with van der Waals surface area (Å²) in [6.07, 6.45) is 2.95. The summed E-state index contributed by atoms with van der Waals surface area (Å²) in [5.74, 6) is 0. The van der Waals surface area contributed by atoms with Crippen molar-refractivity contribution in [1.82, 2.24) is 4.98 Å². The molecule has 2 rings (SSSR count). The molecule has 0 amide bonds. The molecule has 112 valence electrons. The second-order valence-electron chi connectivity index (χ2n) is 5.78. The zero-order valence-corrected chi connectivity index (χ0v) is 13.6. The molecule has 1 aromatic heterocycles. The van der Waals surface area contributed by atoms with Gasteiger partial charge in [0.2, 0.25) is 0 Å². The predicted octanol–water partition coefficient (Wildman–Crippen LogP) is 4.07. The maximum Gasteiger partial charge on any atom is 0.0710 e. The number of benzene rings is 1. The van der Waals surface area contributed by atoms with Gasteiger partial charge >= 0.3 is 0 Å². The minimum absolute atomic E-state index is 0.172. The van der Waals surface area contributed by atoms with Crippen LogP contribution in [0.3, 0.4) is 0 Å². The van der Waals surface area contributed by atoms with Crippen molar-refractivity contribution in [2.45, 2.75) is 53.0 Å². The summed E-state index contributed by atoms with van der Waals surface area (Å²) < 4.78 is 0. The Morgan fingerprint density at radius 1 is 1.00 bits per heavy atom. The average Bonchev–Trinajstić information content (AvgIpc) is 2.48. The molecule has 0 aliphatic heterocycles. The van der Waals surface area contributed by atoms with Crippen LogP contribution in [0.1, 0.15) is 43.2 Å². The zero-order chi connectivity index (χ0) is 15.4. The molecular weight excluding hydrogens is 256 g/mol. The maximum atomic E-state index is 5.91. The van der Waals surface area contributed by atoms with Gasteiger partial charge in [0.25, 0.3) is 0 Å². The minimum atomic E-state index is 0.172. The van der Waals surface area contributed by atoms with Gasteiger partial charge < -0.3 is 5.73 Å². The monoisotopic (exact) mass is 282 g/mol. The first-order valence-corrected chi connectivity index (χ1v) is 7.90. The van der Waals surface area contributed by atoms with Crippen LogP contribution < -0.4 is 5.73 Å². The summed E-state index contributed by atoms with van der Waals surface area (Å²) in [4.78, 5) is 4.86. The second-order valence-corrected chi connectivity index (χ2v) is 5.78. The van der Waals surface area contributed by atoms with Crippen molar-refractivity contribution >= 4 is 0 Å². The number of aryl methyl sites for hydroxylation is 3. The van der Waals surface area contributed by atoms with Gasteiger partial charge in [0, 0.05) is 17.3 Å². The van der Waals surface area contributed by atoms with Crippen LogP contribution in [0.4, 0.5) is 0 Å². The molecule has 0 saturated heterocycles. The Morgan fingerprint density at radius 2 is 1.62 bits per heavy atom. The number of hydrogen-bond donors (Lipinski definition) is 1. The van der Waals surface area contributed by atoms with Gasteiger partial charge in [-0.3, -0.25) is 4.98 Å². The van der Waals surface area contributed by atoms with E-state index in [-0.39, 0.29) is 6.04 Å². The van der Waals surface area contributed by atoms with Crippen LogP contribution in [0.2, 0.25) is 0 Å². The van der Waals surface area contributed by atoms with Gasteiger partial charge in [0.15, 0.2) is 0 Å². The van der Waals surface area contributed by atoms with Gasteiger partial charge in [-0.05, 0) is 55.9 Å². The fraction of sp³-hybridized carbons (Fsp3) is 0.421. The van der Waals surface area contributed by atoms with Gasteiger partial charge in [0.1, 0.15) is 0 Å². The highest BCUT2D eigenvalue weighted by molar-refractivity contribution is 5.68. The lowest BCUT2D eigenvalue weighted by Crippen LogP contribution is -2.18. The van der Waals surface area contributed by atoms with Crippen LogP contribution in [0.25, 0.3) is 11.3 Å². The third-order valence-electron chi connectivity index (χ3n) is 3.99. The third kappa shape index (κ3) is 3.51. The van der Waals surface area contributed by atoms with Crippen molar-refractivity contribution in [3.63, 3.8) is 0 Å². The number of rotatable bonds is 5. The molecule has 0 aliphatic carbocycles. The number of aromatic nitrogens is 1. The van der Waals surface area contributed by atoms with Crippen LogP contribution in [-0.2, 0) is 19.3 Å². The lowest BCUT2D eigenvalue weighted by molar-refractivity contribution is 0.731. The standard InChI is InChI=1S/C19H26N2/c1-5-15-8-7-9-16(6-2)19(15)18-11-10-17(12-13(3)20)14(4)21-18/h7-11,13H,5-6,12,20H2,1-4H3. The predicted molar refractivity (Wildman–Crippen MR) is 90.5 cm³/mol. The Bertz CT molecular complexity index is 593. The van der Waals surface area contributed by atoms with Crippen LogP contribution in [-0.4, -0.2) is 11.0 Å². The molecule has 2 N–H and O–H groups in total. The van der Waals surface area contributed by atoms with Gasteiger partial charge in [-0.1, -0.05) is 38.1 Å². The molecule has 1 heterocycles. The Labute approximate surface area is 128 Å². The van der Waals surface area contributed by atoms with Crippen molar-refractivity contribution in [3.8, 4) is 11.3 Å². The van der Waals surface area contributed by atoms with E-state index in [9.17, 15) is 0 Å². The topological polar surface area (TPSA) is 38.9 Å². The summed E-state index contributed by atoms with van der Waals surface area (Å²) in [7, 11) is 0. The molecule has 1 unspecified atom stereocenters. The summed E-state index contributed by atoms with van der Waals surface area (Å²) in [5, 5.41) is 0. The van der Waals surface area contributed by atoms with Crippen molar-refractivity contribution in [2.75, 3.05) is 0 Å². The Hall–Kier alpha value is -1.67. The summed E-state index contributed by atoms with van der Waals surface area (Å²) in [5.41, 5.74) is 13.4. The molecule has 1 aromatic carbocycles. The lowest BCUT2D eigenvalue weighted by Gasteiger charge is -2.15. The number of pyridine rings is 1. The number of nitrogens with zero attached hydrogens (tertiary/aromatic N) is 1. The molecule has 0 radical (unpaired) electrons. The minimum Gasteiger partial charge on any atom is -0.328 e. The highest BCUT2D eigenvalue weighted by Crippen LogP contribution is 2.28. The first-order chi connectivity index (χ1) is 10.1. The van der Waals surface area contributed by atoms with Crippen LogP contribution in [0, 0.1) is 6.92 Å². The molecular formula is C19H26N2. The van der Waals surface area contributed by atoms with Gasteiger partial charge in [-0.15, -0.1) is 0 Å². The van der Waals surface area contributed by atoms with E-state index in [4.69, 9.17) is 10.7 Å². The lowest BCUT2D eigenvalue weighted by atomic mass is 9.94. The SMILES string of the molecule is CCc1cccc(CC)c1-c1ccc(CC(C)N)c(C)n1. The molecule has 0 fully saturated rings. The van der Waals surface area contributed by atoms with Crippen LogP contribution >= 0.6 is 0 Å². The average molecular weight is 282 g/mol. The fourth-order valence-corrected chi connectivity index (χ4v) is 2.86. The molecule has 2 aromatic rings. The fourth-order valence-electron chi connectivity index (χ4n) is 2.86. The summed E-state index contributed by atoms with van der Waals surface area (Å²) >= 11 is 0. The quantitative estimate of drug-likeness (QED) is 0.897. The van der Waals surface area contributed by atoms with Crippen molar-refractivity contribution in [2.24, 2.45) is 5.73 Å². The molecule has 0 saturated carbocycles. The highest BCUT2D eigenvalue weighted by atomic mass is 14.7. The zero-order valence-electron chi connectivity index (χ0n) is 13.6. The van der Waals surface area contributed by atoms with E-state index in [2.05, 4.69) is 51.1 Å². The highest BCUT2D eigenvalue weighted by Gasteiger charge is 2.12.